The zero-order chi connectivity index (χ0) is 17.6. The van der Waals surface area contributed by atoms with Crippen molar-refractivity contribution >= 4 is 22.6 Å². The van der Waals surface area contributed by atoms with Crippen molar-refractivity contribution < 1.29 is 32.7 Å². The van der Waals surface area contributed by atoms with Gasteiger partial charge in [-0.1, -0.05) is 60.3 Å². The molecule has 7 heteroatoms. The Morgan fingerprint density at radius 2 is 1.62 bits per heavy atom. The van der Waals surface area contributed by atoms with Gasteiger partial charge in [-0.25, -0.2) is 4.79 Å². The predicted molar refractivity (Wildman–Crippen MR) is 98.0 cm³/mol. The molecule has 2 heterocycles. The fraction of sp³-hybridized carbons (Fsp3) is 0.0526. The van der Waals surface area contributed by atoms with Crippen LogP contribution in [0.3, 0.4) is 0 Å². The molecule has 4 aromatic rings. The van der Waals surface area contributed by atoms with Crippen molar-refractivity contribution in [3.05, 3.63) is 92.7 Å². The van der Waals surface area contributed by atoms with Crippen molar-refractivity contribution in [2.75, 3.05) is 0 Å². The first-order valence-electron chi connectivity index (χ1n) is 7.65. The molecular formula is C19H13ClN3O2Y-. The molecule has 4 rings (SSSR count). The third kappa shape index (κ3) is 2.90. The average Bonchev–Trinajstić information content (AvgIpc) is 3.06. The van der Waals surface area contributed by atoms with Crippen LogP contribution in [-0.4, -0.2) is 13.7 Å². The molecule has 2 aromatic heterocycles. The summed E-state index contributed by atoms with van der Waals surface area (Å²) in [6.07, 6.45) is 3.04. The largest absolute Gasteiger partial charge is 0.437 e. The van der Waals surface area contributed by atoms with Crippen LogP contribution in [0.25, 0.3) is 22.4 Å². The van der Waals surface area contributed by atoms with E-state index >= 15 is 0 Å². The Bertz CT molecular complexity index is 1210. The van der Waals surface area contributed by atoms with Gasteiger partial charge in [-0.3, -0.25) is 9.36 Å². The summed E-state index contributed by atoms with van der Waals surface area (Å²) in [6.45, 7) is 0. The van der Waals surface area contributed by atoms with Gasteiger partial charge in [-0.05, 0) is 23.3 Å². The van der Waals surface area contributed by atoms with Crippen LogP contribution >= 0.6 is 11.6 Å². The Balaban J connectivity index is 0.00000196. The number of hydrogen-bond acceptors (Lipinski definition) is 2. The number of benzene rings is 2. The van der Waals surface area contributed by atoms with Crippen molar-refractivity contribution in [3.8, 4) is 11.4 Å². The van der Waals surface area contributed by atoms with E-state index in [1.54, 1.807) is 22.8 Å². The molecular weight excluding hydrogens is 427 g/mol. The van der Waals surface area contributed by atoms with E-state index in [0.29, 0.717) is 27.4 Å². The molecule has 0 amide bonds. The van der Waals surface area contributed by atoms with Gasteiger partial charge in [0.1, 0.15) is 0 Å². The number of nitrogens with zero attached hydrogens (tertiary/aromatic N) is 3. The number of para-hydroxylation sites is 2. The Kier molecular flexibility index (Phi) is 5.33. The average molecular weight is 440 g/mol. The van der Waals surface area contributed by atoms with E-state index in [9.17, 15) is 9.59 Å². The van der Waals surface area contributed by atoms with E-state index in [4.69, 9.17) is 11.6 Å². The molecule has 0 unspecified atom stereocenters. The van der Waals surface area contributed by atoms with Crippen LogP contribution in [0.2, 0.25) is 5.02 Å². The molecule has 0 saturated heterocycles. The second-order valence-electron chi connectivity index (χ2n) is 5.61. The minimum Gasteiger partial charge on any atom is -0.437 e. The molecule has 2 aromatic carbocycles. The molecule has 26 heavy (non-hydrogen) atoms. The summed E-state index contributed by atoms with van der Waals surface area (Å²) < 4.78 is 4.19. The Morgan fingerprint density at radius 1 is 0.962 bits per heavy atom. The van der Waals surface area contributed by atoms with Crippen LogP contribution < -0.4 is 11.2 Å². The summed E-state index contributed by atoms with van der Waals surface area (Å²) in [5.74, 6) is 0. The van der Waals surface area contributed by atoms with Crippen LogP contribution in [0.15, 0.2) is 70.3 Å². The molecule has 0 saturated carbocycles. The molecule has 0 aliphatic rings. The first kappa shape index (κ1) is 18.8. The number of aromatic nitrogens is 3. The second kappa shape index (κ2) is 7.35. The van der Waals surface area contributed by atoms with Crippen LogP contribution in [0.5, 0.6) is 0 Å². The van der Waals surface area contributed by atoms with Gasteiger partial charge < -0.3 is 9.13 Å². The minimum atomic E-state index is -0.408. The van der Waals surface area contributed by atoms with E-state index in [1.807, 2.05) is 42.5 Å². The van der Waals surface area contributed by atoms with Crippen LogP contribution in [0, 0.1) is 6.20 Å². The molecule has 0 bridgehead atoms. The monoisotopic (exact) mass is 439 g/mol. The molecule has 5 nitrogen and oxygen atoms in total. The summed E-state index contributed by atoms with van der Waals surface area (Å²) in [5.41, 5.74) is 1.34. The molecule has 0 N–H and O–H groups in total. The second-order valence-corrected chi connectivity index (χ2v) is 6.02. The van der Waals surface area contributed by atoms with Gasteiger partial charge in [0, 0.05) is 56.0 Å². The zero-order valence-electron chi connectivity index (χ0n) is 13.9. The first-order valence-corrected chi connectivity index (χ1v) is 8.03. The van der Waals surface area contributed by atoms with Crippen LogP contribution in [0.4, 0.5) is 0 Å². The SMILES string of the molecule is Cn1c(=O)c2c(c[c-]n2-c2ccccc2Cl)n(-c2ccccc2)c1=O.[Y]. The Morgan fingerprint density at radius 3 is 2.31 bits per heavy atom. The van der Waals surface area contributed by atoms with Crippen molar-refractivity contribution in [1.29, 1.82) is 0 Å². The van der Waals surface area contributed by atoms with Gasteiger partial charge in [0.2, 0.25) is 5.56 Å². The molecule has 0 fully saturated rings. The normalized spacial score (nSPS) is 10.7. The number of rotatable bonds is 2. The summed E-state index contributed by atoms with van der Waals surface area (Å²) in [7, 11) is 1.47. The fourth-order valence-corrected chi connectivity index (χ4v) is 3.12. The van der Waals surface area contributed by atoms with Crippen molar-refractivity contribution in [2.45, 2.75) is 0 Å². The zero-order valence-corrected chi connectivity index (χ0v) is 17.5. The van der Waals surface area contributed by atoms with Gasteiger partial charge in [0.15, 0.2) is 0 Å². The number of fused-ring (bicyclic) bond motifs is 1. The van der Waals surface area contributed by atoms with E-state index in [2.05, 4.69) is 6.20 Å². The molecule has 127 valence electrons. The maximum Gasteiger partial charge on any atom is 0.326 e. The maximum atomic E-state index is 12.8. The van der Waals surface area contributed by atoms with Gasteiger partial charge in [0.05, 0.1) is 0 Å². The van der Waals surface area contributed by atoms with Gasteiger partial charge >= 0.3 is 5.69 Å². The molecule has 0 spiro atoms. The fourth-order valence-electron chi connectivity index (χ4n) is 2.90. The third-order valence-electron chi connectivity index (χ3n) is 4.13. The minimum absolute atomic E-state index is 0. The third-order valence-corrected chi connectivity index (χ3v) is 4.45. The predicted octanol–water partition coefficient (Wildman–Crippen LogP) is 2.93. The van der Waals surface area contributed by atoms with Crippen molar-refractivity contribution in [3.63, 3.8) is 0 Å². The summed E-state index contributed by atoms with van der Waals surface area (Å²) in [6, 6.07) is 18.0. The number of hydrogen-bond donors (Lipinski definition) is 0. The summed E-state index contributed by atoms with van der Waals surface area (Å²) in [4.78, 5) is 25.5. The standard InChI is InChI=1S/C19H13ClN3O2.Y/c1-21-18(24)17-16(23(19(21)25)13-7-3-2-4-8-13)11-12-22(17)15-10-6-5-9-14(15)20;/h2-11H,1H3;/q-1;. The van der Waals surface area contributed by atoms with Crippen molar-refractivity contribution in [1.82, 2.24) is 13.7 Å². The number of halogens is 1. The molecule has 0 atom stereocenters. The molecule has 0 aliphatic carbocycles. The van der Waals surface area contributed by atoms with Crippen LogP contribution in [-0.2, 0) is 39.8 Å². The van der Waals surface area contributed by atoms with E-state index in [-0.39, 0.29) is 32.7 Å². The quantitative estimate of drug-likeness (QED) is 0.451. The Labute approximate surface area is 179 Å². The van der Waals surface area contributed by atoms with E-state index in [1.165, 1.54) is 11.6 Å². The van der Waals surface area contributed by atoms with Gasteiger partial charge in [-0.2, -0.15) is 0 Å². The van der Waals surface area contributed by atoms with Crippen molar-refractivity contribution in [2.24, 2.45) is 7.05 Å². The summed E-state index contributed by atoms with van der Waals surface area (Å²) in [5, 5.41) is 0.496. The smallest absolute Gasteiger partial charge is 0.326 e. The first-order chi connectivity index (χ1) is 12.1. The van der Waals surface area contributed by atoms with E-state index < -0.39 is 11.2 Å². The summed E-state index contributed by atoms with van der Waals surface area (Å²) >= 11 is 6.28. The van der Waals surface area contributed by atoms with E-state index in [0.717, 1.165) is 4.57 Å². The Hall–Kier alpha value is -1.95. The van der Waals surface area contributed by atoms with Gasteiger partial charge in [-0.15, -0.1) is 6.07 Å². The molecule has 0 aliphatic heterocycles. The topological polar surface area (TPSA) is 48.9 Å². The molecule has 1 radical (unpaired) electrons. The maximum absolute atomic E-state index is 12.8. The van der Waals surface area contributed by atoms with Crippen LogP contribution in [0.1, 0.15) is 0 Å². The van der Waals surface area contributed by atoms with Gasteiger partial charge in [0.25, 0.3) is 0 Å².